The van der Waals surface area contributed by atoms with Gasteiger partial charge >= 0.3 is 6.61 Å². The zero-order valence-corrected chi connectivity index (χ0v) is 13.2. The van der Waals surface area contributed by atoms with Crippen LogP contribution in [0.2, 0.25) is 4.34 Å². The average molecular weight is 388 g/mol. The van der Waals surface area contributed by atoms with Gasteiger partial charge in [0, 0.05) is 9.35 Å². The number of halogens is 5. The summed E-state index contributed by atoms with van der Waals surface area (Å²) in [5, 5.41) is -0.463. The van der Waals surface area contributed by atoms with E-state index in [0.717, 1.165) is 9.35 Å². The van der Waals surface area contributed by atoms with E-state index in [1.807, 2.05) is 6.07 Å². The van der Waals surface area contributed by atoms with Crippen LogP contribution in [0.4, 0.5) is 8.78 Å². The summed E-state index contributed by atoms with van der Waals surface area (Å²) in [6.07, 6.45) is 0. The summed E-state index contributed by atoms with van der Waals surface area (Å²) in [5.41, 5.74) is 0.672. The minimum absolute atomic E-state index is 0.0832. The largest absolute Gasteiger partial charge is 0.435 e. The molecule has 19 heavy (non-hydrogen) atoms. The summed E-state index contributed by atoms with van der Waals surface area (Å²) in [4.78, 5) is 0.827. The van der Waals surface area contributed by atoms with Crippen LogP contribution in [0.5, 0.6) is 5.75 Å². The molecule has 0 radical (unpaired) electrons. The highest BCUT2D eigenvalue weighted by Crippen LogP contribution is 2.40. The van der Waals surface area contributed by atoms with Gasteiger partial charge in [0.1, 0.15) is 10.1 Å². The van der Waals surface area contributed by atoms with E-state index in [1.165, 1.54) is 23.5 Å². The van der Waals surface area contributed by atoms with Crippen LogP contribution in [0.25, 0.3) is 0 Å². The summed E-state index contributed by atoms with van der Waals surface area (Å²) in [6.45, 7) is -2.85. The van der Waals surface area contributed by atoms with Gasteiger partial charge in [-0.05, 0) is 39.7 Å². The molecule has 2 aromatic rings. The average Bonchev–Trinajstić information content (AvgIpc) is 2.68. The van der Waals surface area contributed by atoms with Crippen molar-refractivity contribution in [3.8, 4) is 5.75 Å². The van der Waals surface area contributed by atoms with Crippen molar-refractivity contribution >= 4 is 50.5 Å². The van der Waals surface area contributed by atoms with Crippen molar-refractivity contribution in [2.45, 2.75) is 12.0 Å². The second-order valence-electron chi connectivity index (χ2n) is 3.58. The SMILES string of the molecule is FC(F)Oc1cccc(C(Cl)c2cc(Br)c(Cl)s2)c1. The molecule has 102 valence electrons. The Balaban J connectivity index is 2.25. The lowest BCUT2D eigenvalue weighted by Gasteiger charge is -2.10. The summed E-state index contributed by atoms with van der Waals surface area (Å²) in [5.74, 6) is 0.0832. The maximum absolute atomic E-state index is 12.2. The smallest absolute Gasteiger partial charge is 0.387 e. The molecule has 0 aliphatic heterocycles. The van der Waals surface area contributed by atoms with Crippen molar-refractivity contribution in [3.63, 3.8) is 0 Å². The fourth-order valence-electron chi connectivity index (χ4n) is 1.50. The minimum atomic E-state index is -2.85. The Morgan fingerprint density at radius 3 is 2.58 bits per heavy atom. The van der Waals surface area contributed by atoms with Crippen LogP contribution in [-0.4, -0.2) is 6.61 Å². The number of ether oxygens (including phenoxy) is 1. The van der Waals surface area contributed by atoms with Crippen LogP contribution >= 0.6 is 50.5 Å². The zero-order valence-electron chi connectivity index (χ0n) is 9.25. The first-order valence-electron chi connectivity index (χ1n) is 5.11. The van der Waals surface area contributed by atoms with E-state index in [-0.39, 0.29) is 5.75 Å². The maximum atomic E-state index is 12.2. The Hall–Kier alpha value is -0.360. The highest BCUT2D eigenvalue weighted by molar-refractivity contribution is 9.10. The van der Waals surface area contributed by atoms with Crippen LogP contribution in [0.3, 0.4) is 0 Å². The zero-order chi connectivity index (χ0) is 14.0. The normalized spacial score (nSPS) is 12.7. The first-order valence-corrected chi connectivity index (χ1v) is 7.53. The summed E-state index contributed by atoms with van der Waals surface area (Å²) >= 11 is 16.9. The molecule has 0 saturated heterocycles. The second-order valence-corrected chi connectivity index (χ2v) is 6.56. The maximum Gasteiger partial charge on any atom is 0.387 e. The molecule has 1 unspecified atom stereocenters. The Bertz CT molecular complexity index is 557. The van der Waals surface area contributed by atoms with E-state index >= 15 is 0 Å². The van der Waals surface area contributed by atoms with Crippen LogP contribution in [0.15, 0.2) is 34.8 Å². The van der Waals surface area contributed by atoms with E-state index in [1.54, 1.807) is 12.1 Å². The lowest BCUT2D eigenvalue weighted by atomic mass is 10.1. The number of alkyl halides is 3. The van der Waals surface area contributed by atoms with Crippen molar-refractivity contribution in [2.75, 3.05) is 0 Å². The van der Waals surface area contributed by atoms with Crippen LogP contribution in [0.1, 0.15) is 15.8 Å². The van der Waals surface area contributed by atoms with Crippen molar-refractivity contribution in [2.24, 2.45) is 0 Å². The Kier molecular flexibility index (Phi) is 5.06. The quantitative estimate of drug-likeness (QED) is 0.576. The first-order chi connectivity index (χ1) is 8.97. The molecule has 0 amide bonds. The molecule has 0 spiro atoms. The number of rotatable bonds is 4. The van der Waals surface area contributed by atoms with E-state index in [0.29, 0.717) is 9.90 Å². The van der Waals surface area contributed by atoms with Crippen molar-refractivity contribution < 1.29 is 13.5 Å². The Labute approximate surface area is 131 Å². The van der Waals surface area contributed by atoms with Gasteiger partial charge in [-0.3, -0.25) is 0 Å². The summed E-state index contributed by atoms with van der Waals surface area (Å²) in [7, 11) is 0. The molecule has 1 aromatic heterocycles. The minimum Gasteiger partial charge on any atom is -0.435 e. The van der Waals surface area contributed by atoms with Crippen molar-refractivity contribution in [3.05, 3.63) is 49.6 Å². The molecule has 0 bridgehead atoms. The van der Waals surface area contributed by atoms with Crippen molar-refractivity contribution in [1.29, 1.82) is 0 Å². The fraction of sp³-hybridized carbons (Fsp3) is 0.167. The van der Waals surface area contributed by atoms with Gasteiger partial charge in [-0.15, -0.1) is 22.9 Å². The third-order valence-corrected chi connectivity index (χ3v) is 5.45. The molecule has 0 aliphatic rings. The second kappa shape index (κ2) is 6.39. The molecular weight excluding hydrogens is 381 g/mol. The van der Waals surface area contributed by atoms with Crippen LogP contribution in [0, 0.1) is 0 Å². The number of hydrogen-bond donors (Lipinski definition) is 0. The van der Waals surface area contributed by atoms with Crippen LogP contribution < -0.4 is 4.74 Å². The first kappa shape index (κ1) is 15.0. The predicted molar refractivity (Wildman–Crippen MR) is 77.8 cm³/mol. The van der Waals surface area contributed by atoms with E-state index in [4.69, 9.17) is 23.2 Å². The molecule has 1 heterocycles. The van der Waals surface area contributed by atoms with E-state index in [9.17, 15) is 8.78 Å². The van der Waals surface area contributed by atoms with E-state index < -0.39 is 12.0 Å². The van der Waals surface area contributed by atoms with Gasteiger partial charge in [0.15, 0.2) is 0 Å². The molecule has 1 atom stereocenters. The van der Waals surface area contributed by atoms with E-state index in [2.05, 4.69) is 20.7 Å². The standard InChI is InChI=1S/C12H7BrCl2F2OS/c13-8-5-9(19-11(8)15)10(14)6-2-1-3-7(4-6)18-12(16)17/h1-5,10,12H. The van der Waals surface area contributed by atoms with Gasteiger partial charge in [-0.25, -0.2) is 0 Å². The van der Waals surface area contributed by atoms with Gasteiger partial charge in [-0.1, -0.05) is 23.7 Å². The highest BCUT2D eigenvalue weighted by atomic mass is 79.9. The number of hydrogen-bond acceptors (Lipinski definition) is 2. The summed E-state index contributed by atoms with van der Waals surface area (Å²) < 4.78 is 30.0. The van der Waals surface area contributed by atoms with Gasteiger partial charge in [0.25, 0.3) is 0 Å². The number of thiophene rings is 1. The van der Waals surface area contributed by atoms with Gasteiger partial charge in [0.05, 0.1) is 5.38 Å². The lowest BCUT2D eigenvalue weighted by molar-refractivity contribution is -0.0498. The molecule has 1 aromatic carbocycles. The highest BCUT2D eigenvalue weighted by Gasteiger charge is 2.16. The molecule has 1 nitrogen and oxygen atoms in total. The van der Waals surface area contributed by atoms with Gasteiger partial charge in [0.2, 0.25) is 0 Å². The molecule has 7 heteroatoms. The monoisotopic (exact) mass is 386 g/mol. The predicted octanol–water partition coefficient (Wildman–Crippen LogP) is 6.09. The fourth-order valence-corrected chi connectivity index (χ4v) is 3.58. The third kappa shape index (κ3) is 3.81. The number of benzene rings is 1. The third-order valence-electron chi connectivity index (χ3n) is 2.29. The van der Waals surface area contributed by atoms with Crippen LogP contribution in [-0.2, 0) is 0 Å². The summed E-state index contributed by atoms with van der Waals surface area (Å²) in [6, 6.07) is 8.12. The van der Waals surface area contributed by atoms with Gasteiger partial charge < -0.3 is 4.74 Å². The lowest BCUT2D eigenvalue weighted by Crippen LogP contribution is -2.02. The molecule has 0 aliphatic carbocycles. The molecular formula is C12H7BrCl2F2OS. The molecule has 0 fully saturated rings. The Morgan fingerprint density at radius 1 is 1.26 bits per heavy atom. The molecule has 0 saturated carbocycles. The Morgan fingerprint density at radius 2 is 2.00 bits per heavy atom. The molecule has 2 rings (SSSR count). The van der Waals surface area contributed by atoms with Gasteiger partial charge in [-0.2, -0.15) is 8.78 Å². The van der Waals surface area contributed by atoms with Crippen molar-refractivity contribution in [1.82, 2.24) is 0 Å². The molecule has 0 N–H and O–H groups in total. The topological polar surface area (TPSA) is 9.23 Å².